The van der Waals surface area contributed by atoms with Gasteiger partial charge in [-0.25, -0.2) is 0 Å². The van der Waals surface area contributed by atoms with Crippen LogP contribution in [-0.2, 0) is 0 Å². The minimum Gasteiger partial charge on any atom is -0.396 e. The number of aliphatic hydroxyl groups is 1. The Morgan fingerprint density at radius 3 is 2.94 bits per heavy atom. The van der Waals surface area contributed by atoms with Gasteiger partial charge in [-0.05, 0) is 19.3 Å². The van der Waals surface area contributed by atoms with Crippen LogP contribution in [0, 0.1) is 0 Å². The fourth-order valence-corrected chi connectivity index (χ4v) is 1.87. The van der Waals surface area contributed by atoms with Crippen molar-refractivity contribution in [3.8, 4) is 0 Å². The summed E-state index contributed by atoms with van der Waals surface area (Å²) in [6.45, 7) is 1.10. The van der Waals surface area contributed by atoms with Crippen LogP contribution in [0.3, 0.4) is 0 Å². The van der Waals surface area contributed by atoms with Crippen molar-refractivity contribution >= 4 is 22.8 Å². The summed E-state index contributed by atoms with van der Waals surface area (Å²) in [5, 5.41) is 16.3. The number of nitrogens with one attached hydrogen (secondary N) is 1. The largest absolute Gasteiger partial charge is 0.396 e. The SMILES string of the molecule is CN(CCCCCO)c1nc(N)nc2[nH]ncc12. The van der Waals surface area contributed by atoms with Gasteiger partial charge >= 0.3 is 0 Å². The van der Waals surface area contributed by atoms with Gasteiger partial charge in [0.05, 0.1) is 11.6 Å². The van der Waals surface area contributed by atoms with Crippen molar-refractivity contribution in [2.75, 3.05) is 30.8 Å². The van der Waals surface area contributed by atoms with Gasteiger partial charge in [0, 0.05) is 20.2 Å². The van der Waals surface area contributed by atoms with Gasteiger partial charge in [-0.3, -0.25) is 5.10 Å². The summed E-state index contributed by atoms with van der Waals surface area (Å²) in [6.07, 6.45) is 4.53. The lowest BCUT2D eigenvalue weighted by atomic mass is 10.2. The third-order valence-electron chi connectivity index (χ3n) is 2.82. The Bertz CT molecular complexity index is 511. The molecule has 0 aliphatic heterocycles. The monoisotopic (exact) mass is 250 g/mol. The van der Waals surface area contributed by atoms with Gasteiger partial charge in [-0.1, -0.05) is 0 Å². The molecule has 0 bridgehead atoms. The number of nitrogen functional groups attached to an aromatic ring is 1. The molecular formula is C11H18N6O. The molecule has 0 spiro atoms. The average Bonchev–Trinajstić information content (AvgIpc) is 2.81. The van der Waals surface area contributed by atoms with Crippen molar-refractivity contribution in [1.82, 2.24) is 20.2 Å². The summed E-state index contributed by atoms with van der Waals surface area (Å²) in [5.41, 5.74) is 6.32. The third kappa shape index (κ3) is 2.67. The smallest absolute Gasteiger partial charge is 0.224 e. The molecule has 18 heavy (non-hydrogen) atoms. The first kappa shape index (κ1) is 12.6. The highest BCUT2D eigenvalue weighted by atomic mass is 16.2. The molecule has 0 saturated carbocycles. The van der Waals surface area contributed by atoms with Gasteiger partial charge in [0.1, 0.15) is 5.82 Å². The van der Waals surface area contributed by atoms with Gasteiger partial charge in [0.25, 0.3) is 0 Å². The average molecular weight is 250 g/mol. The number of anilines is 2. The number of H-pyrrole nitrogens is 1. The lowest BCUT2D eigenvalue weighted by molar-refractivity contribution is 0.283. The number of aromatic nitrogens is 4. The summed E-state index contributed by atoms with van der Waals surface area (Å²) in [7, 11) is 1.97. The highest BCUT2D eigenvalue weighted by Crippen LogP contribution is 2.22. The van der Waals surface area contributed by atoms with Gasteiger partial charge in [0.15, 0.2) is 5.65 Å². The minimum atomic E-state index is 0.240. The molecule has 2 rings (SSSR count). The molecule has 0 atom stereocenters. The number of rotatable bonds is 6. The zero-order valence-corrected chi connectivity index (χ0v) is 10.4. The molecule has 4 N–H and O–H groups in total. The maximum absolute atomic E-state index is 8.74. The van der Waals surface area contributed by atoms with E-state index in [2.05, 4.69) is 20.2 Å². The van der Waals surface area contributed by atoms with Gasteiger partial charge in [-0.2, -0.15) is 15.1 Å². The summed E-state index contributed by atoms with van der Waals surface area (Å²) in [4.78, 5) is 10.4. The Morgan fingerprint density at radius 2 is 2.17 bits per heavy atom. The van der Waals surface area contributed by atoms with Crippen LogP contribution in [-0.4, -0.2) is 45.5 Å². The summed E-state index contributed by atoms with van der Waals surface area (Å²) in [6, 6.07) is 0. The zero-order chi connectivity index (χ0) is 13.0. The van der Waals surface area contributed by atoms with E-state index in [-0.39, 0.29) is 12.6 Å². The number of fused-ring (bicyclic) bond motifs is 1. The number of hydrogen-bond acceptors (Lipinski definition) is 6. The van der Waals surface area contributed by atoms with Crippen molar-refractivity contribution in [3.63, 3.8) is 0 Å². The molecule has 98 valence electrons. The summed E-state index contributed by atoms with van der Waals surface area (Å²) < 4.78 is 0. The molecule has 2 aromatic heterocycles. The van der Waals surface area contributed by atoms with Crippen LogP contribution in [0.15, 0.2) is 6.20 Å². The van der Waals surface area contributed by atoms with Crippen molar-refractivity contribution in [2.45, 2.75) is 19.3 Å². The minimum absolute atomic E-state index is 0.240. The third-order valence-corrected chi connectivity index (χ3v) is 2.82. The fourth-order valence-electron chi connectivity index (χ4n) is 1.87. The first-order valence-electron chi connectivity index (χ1n) is 6.01. The van der Waals surface area contributed by atoms with Crippen LogP contribution in [0.1, 0.15) is 19.3 Å². The fraction of sp³-hybridized carbons (Fsp3) is 0.545. The van der Waals surface area contributed by atoms with Crippen molar-refractivity contribution < 1.29 is 5.11 Å². The molecule has 0 aliphatic carbocycles. The van der Waals surface area contributed by atoms with E-state index in [1.54, 1.807) is 6.20 Å². The molecule has 0 aromatic carbocycles. The Kier molecular flexibility index (Phi) is 3.93. The van der Waals surface area contributed by atoms with E-state index in [9.17, 15) is 0 Å². The van der Waals surface area contributed by atoms with E-state index in [1.165, 1.54) is 0 Å². The van der Waals surface area contributed by atoms with Crippen molar-refractivity contribution in [1.29, 1.82) is 0 Å². The quantitative estimate of drug-likeness (QED) is 0.646. The number of nitrogens with two attached hydrogens (primary N) is 1. The van der Waals surface area contributed by atoms with Crippen LogP contribution >= 0.6 is 0 Å². The molecule has 7 heteroatoms. The van der Waals surface area contributed by atoms with Crippen LogP contribution < -0.4 is 10.6 Å². The van der Waals surface area contributed by atoms with E-state index in [0.717, 1.165) is 37.0 Å². The van der Waals surface area contributed by atoms with E-state index in [1.807, 2.05) is 11.9 Å². The number of aromatic amines is 1. The molecule has 0 fully saturated rings. The molecule has 0 amide bonds. The van der Waals surface area contributed by atoms with E-state index < -0.39 is 0 Å². The van der Waals surface area contributed by atoms with Crippen LogP contribution in [0.4, 0.5) is 11.8 Å². The van der Waals surface area contributed by atoms with Gasteiger partial charge in [0.2, 0.25) is 5.95 Å². The van der Waals surface area contributed by atoms with Crippen LogP contribution in [0.5, 0.6) is 0 Å². The normalized spacial score (nSPS) is 11.0. The zero-order valence-electron chi connectivity index (χ0n) is 10.4. The standard InChI is InChI=1S/C11H18N6O/c1-17(5-3-2-4-6-18)10-8-7-13-16-9(8)14-11(12)15-10/h7,18H,2-6H2,1H3,(H3,12,13,14,15,16). The molecule has 7 nitrogen and oxygen atoms in total. The summed E-state index contributed by atoms with van der Waals surface area (Å²) in [5.74, 6) is 1.03. The van der Waals surface area contributed by atoms with Gasteiger partial charge < -0.3 is 15.7 Å². The topological polar surface area (TPSA) is 104 Å². The van der Waals surface area contributed by atoms with E-state index in [0.29, 0.717) is 5.65 Å². The highest BCUT2D eigenvalue weighted by molar-refractivity contribution is 5.87. The predicted molar refractivity (Wildman–Crippen MR) is 70.3 cm³/mol. The molecule has 0 radical (unpaired) electrons. The van der Waals surface area contributed by atoms with E-state index in [4.69, 9.17) is 10.8 Å². The van der Waals surface area contributed by atoms with E-state index >= 15 is 0 Å². The maximum atomic E-state index is 8.74. The molecular weight excluding hydrogens is 232 g/mol. The Balaban J connectivity index is 2.11. The summed E-state index contributed by atoms with van der Waals surface area (Å²) >= 11 is 0. The maximum Gasteiger partial charge on any atom is 0.224 e. The van der Waals surface area contributed by atoms with Crippen LogP contribution in [0.25, 0.3) is 11.0 Å². The number of hydrogen-bond donors (Lipinski definition) is 3. The second kappa shape index (κ2) is 5.63. The molecule has 0 unspecified atom stereocenters. The second-order valence-corrected chi connectivity index (χ2v) is 4.24. The Hall–Kier alpha value is -1.89. The number of unbranched alkanes of at least 4 members (excludes halogenated alkanes) is 2. The van der Waals surface area contributed by atoms with Crippen molar-refractivity contribution in [2.24, 2.45) is 0 Å². The molecule has 2 aromatic rings. The molecule has 0 aliphatic rings. The molecule has 0 saturated heterocycles. The first-order valence-corrected chi connectivity index (χ1v) is 6.01. The molecule has 2 heterocycles. The van der Waals surface area contributed by atoms with Gasteiger partial charge in [-0.15, -0.1) is 0 Å². The predicted octanol–water partition coefficient (Wildman–Crippen LogP) is 0.534. The highest BCUT2D eigenvalue weighted by Gasteiger charge is 2.11. The number of nitrogens with zero attached hydrogens (tertiary/aromatic N) is 4. The Labute approximate surface area is 105 Å². The van der Waals surface area contributed by atoms with Crippen LogP contribution in [0.2, 0.25) is 0 Å². The Morgan fingerprint density at radius 1 is 1.33 bits per heavy atom. The second-order valence-electron chi connectivity index (χ2n) is 4.24. The lowest BCUT2D eigenvalue weighted by Gasteiger charge is -2.18. The first-order chi connectivity index (χ1) is 8.72. The lowest BCUT2D eigenvalue weighted by Crippen LogP contribution is -2.20. The number of aliphatic hydroxyl groups excluding tert-OH is 1. The van der Waals surface area contributed by atoms with Crippen molar-refractivity contribution in [3.05, 3.63) is 6.20 Å².